The van der Waals surface area contributed by atoms with Crippen molar-refractivity contribution >= 4 is 11.9 Å². The first kappa shape index (κ1) is 13.2. The molecule has 0 aliphatic heterocycles. The quantitative estimate of drug-likeness (QED) is 0.761. The van der Waals surface area contributed by atoms with Crippen molar-refractivity contribution in [3.8, 4) is 0 Å². The van der Waals surface area contributed by atoms with Gasteiger partial charge in [0.1, 0.15) is 5.69 Å². The summed E-state index contributed by atoms with van der Waals surface area (Å²) in [5.41, 5.74) is 0.722. The van der Waals surface area contributed by atoms with Gasteiger partial charge in [-0.2, -0.15) is 0 Å². The second kappa shape index (κ2) is 5.98. The maximum absolute atomic E-state index is 11.6. The molecular formula is C12H16N2O3. The molecule has 0 aliphatic carbocycles. The van der Waals surface area contributed by atoms with Crippen molar-refractivity contribution in [1.82, 2.24) is 10.3 Å². The van der Waals surface area contributed by atoms with Gasteiger partial charge in [0, 0.05) is 6.54 Å². The Morgan fingerprint density at radius 2 is 2.12 bits per heavy atom. The number of carboxylic acids is 1. The highest BCUT2D eigenvalue weighted by atomic mass is 16.4. The van der Waals surface area contributed by atoms with E-state index in [0.29, 0.717) is 12.2 Å². The molecule has 0 aliphatic rings. The Balaban J connectivity index is 2.76. The number of nitrogens with one attached hydrogen (secondary N) is 1. The van der Waals surface area contributed by atoms with Gasteiger partial charge in [-0.15, -0.1) is 0 Å². The van der Waals surface area contributed by atoms with Crippen molar-refractivity contribution in [3.63, 3.8) is 0 Å². The smallest absolute Gasteiger partial charge is 0.337 e. The highest BCUT2D eigenvalue weighted by Gasteiger charge is 2.12. The van der Waals surface area contributed by atoms with E-state index in [2.05, 4.69) is 10.3 Å². The number of carboxylic acid groups (broad SMARTS) is 1. The number of unbranched alkanes of at least 4 members (excludes halogenated alkanes) is 1. The monoisotopic (exact) mass is 236 g/mol. The van der Waals surface area contributed by atoms with Crippen LogP contribution in [-0.2, 0) is 0 Å². The molecule has 1 heterocycles. The molecule has 1 aromatic heterocycles. The molecule has 0 saturated heterocycles. The van der Waals surface area contributed by atoms with Gasteiger partial charge in [0.2, 0.25) is 0 Å². The van der Waals surface area contributed by atoms with Crippen LogP contribution in [0, 0.1) is 6.92 Å². The summed E-state index contributed by atoms with van der Waals surface area (Å²) in [6, 6.07) is 2.83. The highest BCUT2D eigenvalue weighted by molar-refractivity contribution is 5.94. The molecule has 0 spiro atoms. The lowest BCUT2D eigenvalue weighted by Crippen LogP contribution is -2.25. The molecule has 1 amide bonds. The maximum Gasteiger partial charge on any atom is 0.337 e. The van der Waals surface area contributed by atoms with E-state index in [9.17, 15) is 9.59 Å². The molecule has 0 fully saturated rings. The molecule has 2 N–H and O–H groups in total. The lowest BCUT2D eigenvalue weighted by molar-refractivity contribution is 0.0694. The standard InChI is InChI=1S/C12H16N2O3/c1-3-4-7-13-11(15)10-6-5-9(12(16)17)8(2)14-10/h5-6H,3-4,7H2,1-2H3,(H,13,15)(H,16,17). The number of aromatic nitrogens is 1. The van der Waals surface area contributed by atoms with Gasteiger partial charge in [0.25, 0.3) is 5.91 Å². The fourth-order valence-corrected chi connectivity index (χ4v) is 1.38. The predicted molar refractivity (Wildman–Crippen MR) is 63.2 cm³/mol. The summed E-state index contributed by atoms with van der Waals surface area (Å²) < 4.78 is 0. The van der Waals surface area contributed by atoms with E-state index in [4.69, 9.17) is 5.11 Å². The minimum Gasteiger partial charge on any atom is -0.478 e. The van der Waals surface area contributed by atoms with Gasteiger partial charge in [0.15, 0.2) is 0 Å². The van der Waals surface area contributed by atoms with Gasteiger partial charge in [-0.3, -0.25) is 4.79 Å². The third-order valence-corrected chi connectivity index (χ3v) is 2.36. The van der Waals surface area contributed by atoms with Gasteiger partial charge in [-0.1, -0.05) is 13.3 Å². The number of aryl methyl sites for hydroxylation is 1. The largest absolute Gasteiger partial charge is 0.478 e. The number of rotatable bonds is 5. The summed E-state index contributed by atoms with van der Waals surface area (Å²) in [7, 11) is 0. The Bertz CT molecular complexity index is 430. The van der Waals surface area contributed by atoms with Crippen molar-refractivity contribution in [2.45, 2.75) is 26.7 Å². The zero-order valence-electron chi connectivity index (χ0n) is 9.99. The molecule has 0 unspecified atom stereocenters. The van der Waals surface area contributed by atoms with Crippen LogP contribution in [-0.4, -0.2) is 28.5 Å². The van der Waals surface area contributed by atoms with Crippen molar-refractivity contribution in [2.24, 2.45) is 0 Å². The van der Waals surface area contributed by atoms with Crippen LogP contribution in [0.5, 0.6) is 0 Å². The van der Waals surface area contributed by atoms with E-state index >= 15 is 0 Å². The lowest BCUT2D eigenvalue weighted by Gasteiger charge is -2.05. The van der Waals surface area contributed by atoms with Crippen LogP contribution in [0.25, 0.3) is 0 Å². The topological polar surface area (TPSA) is 79.3 Å². The SMILES string of the molecule is CCCCNC(=O)c1ccc(C(=O)O)c(C)n1. The van der Waals surface area contributed by atoms with Crippen LogP contribution in [0.4, 0.5) is 0 Å². The fraction of sp³-hybridized carbons (Fsp3) is 0.417. The van der Waals surface area contributed by atoms with Crippen molar-refractivity contribution in [2.75, 3.05) is 6.54 Å². The average Bonchev–Trinajstić information content (AvgIpc) is 2.28. The van der Waals surface area contributed by atoms with E-state index in [1.807, 2.05) is 6.92 Å². The van der Waals surface area contributed by atoms with Gasteiger partial charge in [-0.25, -0.2) is 9.78 Å². The molecule has 0 atom stereocenters. The molecule has 17 heavy (non-hydrogen) atoms. The summed E-state index contributed by atoms with van der Waals surface area (Å²) in [6.07, 6.45) is 1.92. The van der Waals surface area contributed by atoms with Crippen LogP contribution in [0.3, 0.4) is 0 Å². The number of pyridine rings is 1. The summed E-state index contributed by atoms with van der Waals surface area (Å²) in [5.74, 6) is -1.30. The van der Waals surface area contributed by atoms with Crippen LogP contribution in [0.2, 0.25) is 0 Å². The first-order valence-corrected chi connectivity index (χ1v) is 5.55. The van der Waals surface area contributed by atoms with Gasteiger partial charge >= 0.3 is 5.97 Å². The number of aromatic carboxylic acids is 1. The predicted octanol–water partition coefficient (Wildman–Crippen LogP) is 1.62. The highest BCUT2D eigenvalue weighted by Crippen LogP contribution is 2.06. The zero-order valence-corrected chi connectivity index (χ0v) is 9.99. The molecule has 1 aromatic rings. The number of nitrogens with zero attached hydrogens (tertiary/aromatic N) is 1. The van der Waals surface area contributed by atoms with Crippen LogP contribution in [0.1, 0.15) is 46.3 Å². The molecule has 0 radical (unpaired) electrons. The Morgan fingerprint density at radius 1 is 1.41 bits per heavy atom. The van der Waals surface area contributed by atoms with Gasteiger partial charge in [-0.05, 0) is 25.5 Å². The molecule has 0 aromatic carbocycles. The van der Waals surface area contributed by atoms with E-state index in [1.54, 1.807) is 6.92 Å². The van der Waals surface area contributed by atoms with E-state index in [0.717, 1.165) is 12.8 Å². The lowest BCUT2D eigenvalue weighted by atomic mass is 10.2. The van der Waals surface area contributed by atoms with Gasteiger partial charge in [0.05, 0.1) is 11.3 Å². The Labute approximate surface area is 99.9 Å². The molecule has 0 bridgehead atoms. The van der Waals surface area contributed by atoms with Crippen molar-refractivity contribution in [1.29, 1.82) is 0 Å². The first-order valence-electron chi connectivity index (χ1n) is 5.55. The third-order valence-electron chi connectivity index (χ3n) is 2.36. The number of carbonyl (C=O) groups excluding carboxylic acids is 1. The normalized spacial score (nSPS) is 10.0. The summed E-state index contributed by atoms with van der Waals surface area (Å²) in [6.45, 7) is 4.22. The van der Waals surface area contributed by atoms with E-state index < -0.39 is 5.97 Å². The van der Waals surface area contributed by atoms with Crippen LogP contribution in [0.15, 0.2) is 12.1 Å². The number of hydrogen-bond donors (Lipinski definition) is 2. The summed E-state index contributed by atoms with van der Waals surface area (Å²) in [4.78, 5) is 26.4. The average molecular weight is 236 g/mol. The molecule has 1 rings (SSSR count). The second-order valence-corrected chi connectivity index (χ2v) is 3.74. The van der Waals surface area contributed by atoms with Crippen LogP contribution < -0.4 is 5.32 Å². The van der Waals surface area contributed by atoms with E-state index in [1.165, 1.54) is 12.1 Å². The second-order valence-electron chi connectivity index (χ2n) is 3.74. The Morgan fingerprint density at radius 3 is 2.65 bits per heavy atom. The molecule has 92 valence electrons. The van der Waals surface area contributed by atoms with E-state index in [-0.39, 0.29) is 17.2 Å². The Hall–Kier alpha value is -1.91. The van der Waals surface area contributed by atoms with Crippen LogP contribution >= 0.6 is 0 Å². The summed E-state index contributed by atoms with van der Waals surface area (Å²) in [5, 5.41) is 11.6. The third kappa shape index (κ3) is 3.55. The first-order chi connectivity index (χ1) is 8.06. The minimum absolute atomic E-state index is 0.120. The van der Waals surface area contributed by atoms with Gasteiger partial charge < -0.3 is 10.4 Å². The number of hydrogen-bond acceptors (Lipinski definition) is 3. The van der Waals surface area contributed by atoms with Crippen molar-refractivity contribution in [3.05, 3.63) is 29.1 Å². The molecule has 0 saturated carbocycles. The zero-order chi connectivity index (χ0) is 12.8. The number of amides is 1. The molecule has 5 nitrogen and oxygen atoms in total. The molecule has 5 heteroatoms. The molecular weight excluding hydrogens is 220 g/mol. The fourth-order valence-electron chi connectivity index (χ4n) is 1.38. The number of carbonyl (C=O) groups is 2. The minimum atomic E-state index is -1.03. The summed E-state index contributed by atoms with van der Waals surface area (Å²) >= 11 is 0. The Kier molecular flexibility index (Phi) is 4.63. The van der Waals surface area contributed by atoms with Crippen molar-refractivity contribution < 1.29 is 14.7 Å². The maximum atomic E-state index is 11.6.